The van der Waals surface area contributed by atoms with Gasteiger partial charge in [-0.15, -0.1) is 0 Å². The molecule has 0 heterocycles. The second-order valence-corrected chi connectivity index (χ2v) is 3.25. The third-order valence-electron chi connectivity index (χ3n) is 2.21. The van der Waals surface area contributed by atoms with Gasteiger partial charge in [0.2, 0.25) is 0 Å². The van der Waals surface area contributed by atoms with E-state index in [1.54, 1.807) is 0 Å². The van der Waals surface area contributed by atoms with Crippen LogP contribution in [0.15, 0.2) is 30.3 Å². The highest BCUT2D eigenvalue weighted by atomic mass is 16.3. The topological polar surface area (TPSA) is 44.3 Å². The average molecular weight is 194 g/mol. The van der Waals surface area contributed by atoms with E-state index in [4.69, 9.17) is 0 Å². The number of rotatable bonds is 5. The van der Waals surface area contributed by atoms with E-state index in [2.05, 4.69) is 10.6 Å². The largest absolute Gasteiger partial charge is 0.390 e. The van der Waals surface area contributed by atoms with Gasteiger partial charge in [-0.25, -0.2) is 0 Å². The van der Waals surface area contributed by atoms with Gasteiger partial charge >= 0.3 is 0 Å². The Labute approximate surface area is 85.2 Å². The summed E-state index contributed by atoms with van der Waals surface area (Å²) in [7, 11) is 1.83. The Morgan fingerprint density at radius 1 is 1.29 bits per heavy atom. The van der Waals surface area contributed by atoms with Crippen LogP contribution in [-0.4, -0.2) is 24.4 Å². The number of nitrogens with one attached hydrogen (secondary N) is 2. The molecule has 0 radical (unpaired) electrons. The van der Waals surface area contributed by atoms with Crippen LogP contribution < -0.4 is 10.6 Å². The Balaban J connectivity index is 2.57. The highest BCUT2D eigenvalue weighted by Crippen LogP contribution is 2.08. The first kappa shape index (κ1) is 11.0. The van der Waals surface area contributed by atoms with Crippen LogP contribution in [0.2, 0.25) is 0 Å². The molecule has 0 aliphatic rings. The summed E-state index contributed by atoms with van der Waals surface area (Å²) >= 11 is 0. The number of para-hydroxylation sites is 1. The van der Waals surface area contributed by atoms with E-state index in [1.165, 1.54) is 0 Å². The van der Waals surface area contributed by atoms with Crippen molar-refractivity contribution in [2.75, 3.05) is 12.4 Å². The molecule has 0 aliphatic heterocycles. The van der Waals surface area contributed by atoms with Crippen molar-refractivity contribution in [2.24, 2.45) is 0 Å². The van der Waals surface area contributed by atoms with Gasteiger partial charge in [0.1, 0.15) is 6.17 Å². The summed E-state index contributed by atoms with van der Waals surface area (Å²) in [6, 6.07) is 9.86. The molecule has 2 atom stereocenters. The fourth-order valence-electron chi connectivity index (χ4n) is 1.31. The Bertz CT molecular complexity index is 251. The molecule has 0 spiro atoms. The number of hydrogen-bond acceptors (Lipinski definition) is 3. The molecule has 2 unspecified atom stereocenters. The first-order valence-electron chi connectivity index (χ1n) is 4.94. The van der Waals surface area contributed by atoms with Gasteiger partial charge in [-0.1, -0.05) is 25.1 Å². The van der Waals surface area contributed by atoms with Gasteiger partial charge in [0.25, 0.3) is 0 Å². The zero-order chi connectivity index (χ0) is 10.4. The molecule has 0 bridgehead atoms. The van der Waals surface area contributed by atoms with Crippen molar-refractivity contribution in [1.82, 2.24) is 5.32 Å². The molecule has 0 fully saturated rings. The molecule has 3 nitrogen and oxygen atoms in total. The van der Waals surface area contributed by atoms with E-state index < -0.39 is 0 Å². The number of aliphatic hydroxyl groups is 1. The normalized spacial score (nSPS) is 14.8. The van der Waals surface area contributed by atoms with Crippen LogP contribution in [0.3, 0.4) is 0 Å². The minimum atomic E-state index is -0.375. The number of likely N-dealkylation sites (N-methyl/N-ethyl adjacent to an activating group) is 1. The fraction of sp³-hybridized carbons (Fsp3) is 0.455. The Hall–Kier alpha value is -1.06. The second kappa shape index (κ2) is 5.62. The summed E-state index contributed by atoms with van der Waals surface area (Å²) in [5, 5.41) is 15.9. The van der Waals surface area contributed by atoms with Gasteiger partial charge in [-0.3, -0.25) is 5.32 Å². The maximum atomic E-state index is 9.65. The molecule has 3 N–H and O–H groups in total. The number of aliphatic hydroxyl groups excluding tert-OH is 1. The van der Waals surface area contributed by atoms with Crippen LogP contribution in [-0.2, 0) is 0 Å². The predicted octanol–water partition coefficient (Wildman–Crippen LogP) is 1.41. The summed E-state index contributed by atoms with van der Waals surface area (Å²) in [6.07, 6.45) is 0.258. The van der Waals surface area contributed by atoms with Crippen LogP contribution in [0.4, 0.5) is 5.69 Å². The van der Waals surface area contributed by atoms with Gasteiger partial charge in [0, 0.05) is 5.69 Å². The Kier molecular flexibility index (Phi) is 4.43. The van der Waals surface area contributed by atoms with Crippen molar-refractivity contribution >= 4 is 5.69 Å². The summed E-state index contributed by atoms with van der Waals surface area (Å²) in [5.74, 6) is 0. The van der Waals surface area contributed by atoms with Gasteiger partial charge in [0.15, 0.2) is 0 Å². The van der Waals surface area contributed by atoms with E-state index >= 15 is 0 Å². The smallest absolute Gasteiger partial charge is 0.103 e. The molecular weight excluding hydrogens is 176 g/mol. The quantitative estimate of drug-likeness (QED) is 0.621. The van der Waals surface area contributed by atoms with Gasteiger partial charge in [-0.2, -0.15) is 0 Å². The maximum absolute atomic E-state index is 9.65. The van der Waals surface area contributed by atoms with Crippen molar-refractivity contribution in [3.63, 3.8) is 0 Å². The Morgan fingerprint density at radius 2 is 1.93 bits per heavy atom. The minimum Gasteiger partial charge on any atom is -0.390 e. The molecule has 14 heavy (non-hydrogen) atoms. The van der Waals surface area contributed by atoms with Gasteiger partial charge in [0.05, 0.1) is 6.10 Å². The minimum absolute atomic E-state index is 0.0950. The zero-order valence-corrected chi connectivity index (χ0v) is 8.70. The van der Waals surface area contributed by atoms with Gasteiger partial charge < -0.3 is 10.4 Å². The summed E-state index contributed by atoms with van der Waals surface area (Å²) in [5.41, 5.74) is 1.01. The third kappa shape index (κ3) is 3.01. The van der Waals surface area contributed by atoms with Crippen LogP contribution in [0.5, 0.6) is 0 Å². The summed E-state index contributed by atoms with van der Waals surface area (Å²) in [6.45, 7) is 1.96. The highest BCUT2D eigenvalue weighted by Gasteiger charge is 2.14. The number of benzene rings is 1. The molecule has 0 aromatic heterocycles. The molecule has 1 aromatic carbocycles. The third-order valence-corrected chi connectivity index (χ3v) is 2.21. The van der Waals surface area contributed by atoms with Crippen molar-refractivity contribution in [2.45, 2.75) is 25.6 Å². The number of hydrogen-bond donors (Lipinski definition) is 3. The lowest BCUT2D eigenvalue weighted by molar-refractivity contribution is 0.137. The van der Waals surface area contributed by atoms with E-state index in [1.807, 2.05) is 44.3 Å². The predicted molar refractivity (Wildman–Crippen MR) is 59.2 cm³/mol. The first-order chi connectivity index (χ1) is 6.77. The lowest BCUT2D eigenvalue weighted by Crippen LogP contribution is -2.43. The Morgan fingerprint density at radius 3 is 2.43 bits per heavy atom. The highest BCUT2D eigenvalue weighted by molar-refractivity contribution is 5.43. The lowest BCUT2D eigenvalue weighted by atomic mass is 10.2. The van der Waals surface area contributed by atoms with Crippen LogP contribution >= 0.6 is 0 Å². The van der Waals surface area contributed by atoms with E-state index in [0.717, 1.165) is 12.1 Å². The molecule has 0 saturated heterocycles. The maximum Gasteiger partial charge on any atom is 0.103 e. The van der Waals surface area contributed by atoms with E-state index in [-0.39, 0.29) is 12.3 Å². The van der Waals surface area contributed by atoms with Crippen molar-refractivity contribution in [3.8, 4) is 0 Å². The first-order valence-corrected chi connectivity index (χ1v) is 4.94. The standard InChI is InChI=1S/C11H18N2O/c1-3-10(14)11(12-2)13-9-7-5-4-6-8-9/h4-8,10-14H,3H2,1-2H3. The summed E-state index contributed by atoms with van der Waals surface area (Å²) < 4.78 is 0. The molecule has 1 rings (SSSR count). The van der Waals surface area contributed by atoms with Crippen molar-refractivity contribution in [3.05, 3.63) is 30.3 Å². The van der Waals surface area contributed by atoms with Gasteiger partial charge in [-0.05, 0) is 25.6 Å². The lowest BCUT2D eigenvalue weighted by Gasteiger charge is -2.23. The van der Waals surface area contributed by atoms with E-state index in [0.29, 0.717) is 0 Å². The molecule has 1 aromatic rings. The fourth-order valence-corrected chi connectivity index (χ4v) is 1.31. The molecule has 78 valence electrons. The second-order valence-electron chi connectivity index (χ2n) is 3.25. The molecule has 0 amide bonds. The summed E-state index contributed by atoms with van der Waals surface area (Å²) in [4.78, 5) is 0. The van der Waals surface area contributed by atoms with Crippen LogP contribution in [0.1, 0.15) is 13.3 Å². The van der Waals surface area contributed by atoms with Crippen molar-refractivity contribution in [1.29, 1.82) is 0 Å². The molecule has 3 heteroatoms. The van der Waals surface area contributed by atoms with Crippen LogP contribution in [0.25, 0.3) is 0 Å². The zero-order valence-electron chi connectivity index (χ0n) is 8.70. The number of anilines is 1. The monoisotopic (exact) mass is 194 g/mol. The molecule has 0 saturated carbocycles. The average Bonchev–Trinajstić information content (AvgIpc) is 2.26. The van der Waals surface area contributed by atoms with E-state index in [9.17, 15) is 5.11 Å². The molecular formula is C11H18N2O. The SMILES string of the molecule is CCC(O)C(NC)Nc1ccccc1. The van der Waals surface area contributed by atoms with Crippen LogP contribution in [0, 0.1) is 0 Å². The van der Waals surface area contributed by atoms with Crippen molar-refractivity contribution < 1.29 is 5.11 Å². The molecule has 0 aliphatic carbocycles.